The first-order chi connectivity index (χ1) is 9.56. The molecule has 0 bridgehead atoms. The van der Waals surface area contributed by atoms with Gasteiger partial charge in [-0.15, -0.1) is 18.2 Å². The maximum Gasteiger partial charge on any atom is 0.337 e. The van der Waals surface area contributed by atoms with E-state index in [-0.39, 0.29) is 11.3 Å². The number of nitrogens with one attached hydrogen (secondary N) is 2. The molecule has 0 aliphatic rings. The Morgan fingerprint density at radius 3 is 2.85 bits per heavy atom. The maximum absolute atomic E-state index is 13.5. The van der Waals surface area contributed by atoms with Crippen molar-refractivity contribution in [1.82, 2.24) is 5.32 Å². The molecule has 20 heavy (non-hydrogen) atoms. The SMILES string of the molecule is C#CCSCCNC(=O)Nc1c(F)cccc1C(=O)O. The van der Waals surface area contributed by atoms with Crippen molar-refractivity contribution in [2.45, 2.75) is 0 Å². The van der Waals surface area contributed by atoms with Crippen LogP contribution in [0.4, 0.5) is 14.9 Å². The van der Waals surface area contributed by atoms with Gasteiger partial charge in [0.05, 0.1) is 17.0 Å². The van der Waals surface area contributed by atoms with E-state index in [4.69, 9.17) is 11.5 Å². The van der Waals surface area contributed by atoms with Crippen molar-refractivity contribution < 1.29 is 19.1 Å². The van der Waals surface area contributed by atoms with E-state index in [0.29, 0.717) is 18.1 Å². The van der Waals surface area contributed by atoms with Gasteiger partial charge < -0.3 is 15.7 Å². The average molecular weight is 296 g/mol. The zero-order valence-electron chi connectivity index (χ0n) is 10.5. The normalized spacial score (nSPS) is 9.60. The fourth-order valence-electron chi connectivity index (χ4n) is 1.35. The van der Waals surface area contributed by atoms with Gasteiger partial charge >= 0.3 is 12.0 Å². The zero-order valence-corrected chi connectivity index (χ0v) is 11.3. The van der Waals surface area contributed by atoms with Crippen molar-refractivity contribution in [2.24, 2.45) is 0 Å². The van der Waals surface area contributed by atoms with E-state index >= 15 is 0 Å². The number of carboxylic acids is 1. The summed E-state index contributed by atoms with van der Waals surface area (Å²) in [7, 11) is 0. The Hall–Kier alpha value is -2.20. The minimum atomic E-state index is -1.32. The second-order valence-electron chi connectivity index (χ2n) is 3.61. The molecule has 2 amide bonds. The van der Waals surface area contributed by atoms with Crippen LogP contribution in [0.5, 0.6) is 0 Å². The Kier molecular flexibility index (Phi) is 6.40. The van der Waals surface area contributed by atoms with E-state index in [2.05, 4.69) is 16.6 Å². The summed E-state index contributed by atoms with van der Waals surface area (Å²) in [5.74, 6) is 1.48. The smallest absolute Gasteiger partial charge is 0.337 e. The molecule has 0 spiro atoms. The lowest BCUT2D eigenvalue weighted by Crippen LogP contribution is -2.31. The summed E-state index contributed by atoms with van der Waals surface area (Å²) in [5.41, 5.74) is -0.657. The highest BCUT2D eigenvalue weighted by molar-refractivity contribution is 7.99. The minimum Gasteiger partial charge on any atom is -0.478 e. The summed E-state index contributed by atoms with van der Waals surface area (Å²) in [6.07, 6.45) is 5.07. The highest BCUT2D eigenvalue weighted by Crippen LogP contribution is 2.19. The molecule has 0 aliphatic heterocycles. The number of carboxylic acid groups (broad SMARTS) is 1. The highest BCUT2D eigenvalue weighted by Gasteiger charge is 2.16. The number of hydrogen-bond donors (Lipinski definition) is 3. The van der Waals surface area contributed by atoms with Crippen molar-refractivity contribution in [3.05, 3.63) is 29.6 Å². The van der Waals surface area contributed by atoms with Crippen molar-refractivity contribution in [3.63, 3.8) is 0 Å². The van der Waals surface area contributed by atoms with Crippen molar-refractivity contribution >= 4 is 29.4 Å². The molecule has 1 aromatic carbocycles. The first-order valence-electron chi connectivity index (χ1n) is 5.64. The first kappa shape index (κ1) is 15.9. The second kappa shape index (κ2) is 8.07. The van der Waals surface area contributed by atoms with Gasteiger partial charge in [0.1, 0.15) is 5.82 Å². The van der Waals surface area contributed by atoms with E-state index in [0.717, 1.165) is 6.07 Å². The predicted octanol–water partition coefficient (Wildman–Crippen LogP) is 2.01. The number of halogens is 1. The Bertz CT molecular complexity index is 543. The number of rotatable bonds is 6. The topological polar surface area (TPSA) is 78.4 Å². The molecule has 0 unspecified atom stereocenters. The molecule has 0 fully saturated rings. The molecular weight excluding hydrogens is 283 g/mol. The lowest BCUT2D eigenvalue weighted by Gasteiger charge is -2.10. The maximum atomic E-state index is 13.5. The first-order valence-corrected chi connectivity index (χ1v) is 6.79. The van der Waals surface area contributed by atoms with Gasteiger partial charge in [-0.05, 0) is 12.1 Å². The van der Waals surface area contributed by atoms with E-state index in [1.807, 2.05) is 0 Å². The van der Waals surface area contributed by atoms with Crippen LogP contribution in [0.3, 0.4) is 0 Å². The van der Waals surface area contributed by atoms with Crippen molar-refractivity contribution in [3.8, 4) is 12.3 Å². The molecular formula is C13H13FN2O3S. The van der Waals surface area contributed by atoms with Crippen LogP contribution in [0, 0.1) is 18.2 Å². The monoisotopic (exact) mass is 296 g/mol. The molecule has 0 radical (unpaired) electrons. The van der Waals surface area contributed by atoms with Gasteiger partial charge in [-0.1, -0.05) is 12.0 Å². The summed E-state index contributed by atoms with van der Waals surface area (Å²) in [4.78, 5) is 22.5. The number of benzene rings is 1. The number of urea groups is 1. The Morgan fingerprint density at radius 1 is 1.45 bits per heavy atom. The molecule has 0 aliphatic carbocycles. The number of carbonyl (C=O) groups is 2. The third-order valence-corrected chi connectivity index (χ3v) is 3.06. The number of amides is 2. The summed E-state index contributed by atoms with van der Waals surface area (Å²) in [5, 5.41) is 13.6. The van der Waals surface area contributed by atoms with Crippen molar-refractivity contribution in [2.75, 3.05) is 23.4 Å². The predicted molar refractivity (Wildman–Crippen MR) is 76.5 cm³/mol. The van der Waals surface area contributed by atoms with Crippen LogP contribution in [0.2, 0.25) is 0 Å². The van der Waals surface area contributed by atoms with Crippen molar-refractivity contribution in [1.29, 1.82) is 0 Å². The molecule has 1 aromatic rings. The molecule has 0 atom stereocenters. The van der Waals surface area contributed by atoms with E-state index < -0.39 is 17.8 Å². The van der Waals surface area contributed by atoms with Gasteiger partial charge in [0, 0.05) is 12.3 Å². The van der Waals surface area contributed by atoms with Gasteiger partial charge in [-0.2, -0.15) is 0 Å². The highest BCUT2D eigenvalue weighted by atomic mass is 32.2. The lowest BCUT2D eigenvalue weighted by molar-refractivity contribution is 0.0697. The van der Waals surface area contributed by atoms with Gasteiger partial charge in [-0.3, -0.25) is 0 Å². The quantitative estimate of drug-likeness (QED) is 0.554. The minimum absolute atomic E-state index is 0.304. The number of anilines is 1. The third kappa shape index (κ3) is 4.82. The second-order valence-corrected chi connectivity index (χ2v) is 4.71. The zero-order chi connectivity index (χ0) is 15.0. The lowest BCUT2D eigenvalue weighted by atomic mass is 10.1. The molecule has 7 heteroatoms. The molecule has 1 rings (SSSR count). The number of thioether (sulfide) groups is 1. The molecule has 3 N–H and O–H groups in total. The number of terminal acetylenes is 1. The Labute approximate surface area is 119 Å². The van der Waals surface area contributed by atoms with Crippen LogP contribution >= 0.6 is 11.8 Å². The summed E-state index contributed by atoms with van der Waals surface area (Å²) < 4.78 is 13.5. The molecule has 106 valence electrons. The van der Waals surface area contributed by atoms with Crippen LogP contribution in [0.1, 0.15) is 10.4 Å². The van der Waals surface area contributed by atoms with Crippen LogP contribution in [0.25, 0.3) is 0 Å². The largest absolute Gasteiger partial charge is 0.478 e. The number of para-hydroxylation sites is 1. The molecule has 0 saturated carbocycles. The van der Waals surface area contributed by atoms with Gasteiger partial charge in [0.25, 0.3) is 0 Å². The molecule has 0 aromatic heterocycles. The number of hydrogen-bond acceptors (Lipinski definition) is 3. The molecule has 0 heterocycles. The van der Waals surface area contributed by atoms with E-state index in [9.17, 15) is 14.0 Å². The van der Waals surface area contributed by atoms with Crippen LogP contribution in [-0.2, 0) is 0 Å². The Balaban J connectivity index is 2.58. The summed E-state index contributed by atoms with van der Waals surface area (Å²) >= 11 is 1.47. The number of aromatic carboxylic acids is 1. The summed E-state index contributed by atoms with van der Waals surface area (Å²) in [6.45, 7) is 0.342. The summed E-state index contributed by atoms with van der Waals surface area (Å²) in [6, 6.07) is 2.88. The third-order valence-electron chi connectivity index (χ3n) is 2.20. The Morgan fingerprint density at radius 2 is 2.20 bits per heavy atom. The van der Waals surface area contributed by atoms with Gasteiger partial charge in [0.15, 0.2) is 0 Å². The van der Waals surface area contributed by atoms with Crippen LogP contribution < -0.4 is 10.6 Å². The molecule has 0 saturated heterocycles. The molecule has 5 nitrogen and oxygen atoms in total. The van der Waals surface area contributed by atoms with E-state index in [1.165, 1.54) is 23.9 Å². The van der Waals surface area contributed by atoms with Crippen LogP contribution in [-0.4, -0.2) is 35.2 Å². The average Bonchev–Trinajstić information content (AvgIpc) is 2.40. The number of carbonyl (C=O) groups excluding carboxylic acids is 1. The van der Waals surface area contributed by atoms with Gasteiger partial charge in [0.2, 0.25) is 0 Å². The van der Waals surface area contributed by atoms with E-state index in [1.54, 1.807) is 0 Å². The standard InChI is InChI=1S/C13H13FN2O3S/c1-2-7-20-8-6-15-13(19)16-11-9(12(17)18)4-3-5-10(11)14/h1,3-5H,6-8H2,(H,17,18)(H2,15,16,19). The fourth-order valence-corrected chi connectivity index (χ4v) is 1.86. The fraction of sp³-hybridized carbons (Fsp3) is 0.231. The van der Waals surface area contributed by atoms with Crippen LogP contribution in [0.15, 0.2) is 18.2 Å². The van der Waals surface area contributed by atoms with Gasteiger partial charge in [-0.25, -0.2) is 14.0 Å².